The molecule has 21 heavy (non-hydrogen) atoms. The Morgan fingerprint density at radius 1 is 1.33 bits per heavy atom. The van der Waals surface area contributed by atoms with Crippen LogP contribution in [0.5, 0.6) is 0 Å². The standard InChI is InChI=1S/C16H20N4O/c1-2-8-20-12(4-1)18-19-13(20)10-17-14-11-5-9-21-15(11)16(14)6-3-7-16/h1-2,4,8,11,14-15,17H,3,5-7,9-10H2/t11-,14-,15-/m1/s1. The van der Waals surface area contributed by atoms with Crippen LogP contribution in [0.2, 0.25) is 0 Å². The Labute approximate surface area is 123 Å². The smallest absolute Gasteiger partial charge is 0.160 e. The minimum absolute atomic E-state index is 0.432. The zero-order chi connectivity index (χ0) is 13.9. The van der Waals surface area contributed by atoms with Crippen molar-refractivity contribution >= 4 is 5.65 Å². The van der Waals surface area contributed by atoms with Crippen LogP contribution in [0.15, 0.2) is 24.4 Å². The number of nitrogens with one attached hydrogen (secondary N) is 1. The molecular formula is C16H20N4O. The third kappa shape index (κ3) is 1.53. The first-order valence-electron chi connectivity index (χ1n) is 8.02. The van der Waals surface area contributed by atoms with Gasteiger partial charge in [0.1, 0.15) is 0 Å². The lowest BCUT2D eigenvalue weighted by molar-refractivity contribution is -0.176. The van der Waals surface area contributed by atoms with Gasteiger partial charge in [0.15, 0.2) is 11.5 Å². The van der Waals surface area contributed by atoms with Crippen LogP contribution in [0.3, 0.4) is 0 Å². The molecule has 0 unspecified atom stereocenters. The molecule has 2 aromatic heterocycles. The third-order valence-corrected chi connectivity index (χ3v) is 5.90. The summed E-state index contributed by atoms with van der Waals surface area (Å²) < 4.78 is 8.05. The molecule has 110 valence electrons. The number of hydrogen-bond acceptors (Lipinski definition) is 4. The number of pyridine rings is 1. The Morgan fingerprint density at radius 2 is 2.29 bits per heavy atom. The second kappa shape index (κ2) is 4.27. The van der Waals surface area contributed by atoms with E-state index >= 15 is 0 Å². The van der Waals surface area contributed by atoms with E-state index in [2.05, 4.69) is 19.9 Å². The molecule has 5 heteroatoms. The number of hydrogen-bond donors (Lipinski definition) is 1. The molecule has 3 heterocycles. The highest BCUT2D eigenvalue weighted by Crippen LogP contribution is 2.62. The van der Waals surface area contributed by atoms with Gasteiger partial charge in [0.2, 0.25) is 0 Å². The summed E-state index contributed by atoms with van der Waals surface area (Å²) in [6, 6.07) is 6.62. The zero-order valence-electron chi connectivity index (χ0n) is 12.0. The topological polar surface area (TPSA) is 51.5 Å². The number of aromatic nitrogens is 3. The predicted octanol–water partition coefficient (Wildman–Crippen LogP) is 1.78. The van der Waals surface area contributed by atoms with Gasteiger partial charge in [-0.2, -0.15) is 0 Å². The van der Waals surface area contributed by atoms with Crippen molar-refractivity contribution in [3.05, 3.63) is 30.2 Å². The molecule has 2 saturated carbocycles. The van der Waals surface area contributed by atoms with Crippen molar-refractivity contribution in [3.8, 4) is 0 Å². The van der Waals surface area contributed by atoms with Crippen molar-refractivity contribution < 1.29 is 4.74 Å². The first-order chi connectivity index (χ1) is 10.4. The van der Waals surface area contributed by atoms with E-state index in [1.165, 1.54) is 25.7 Å². The van der Waals surface area contributed by atoms with Crippen LogP contribution in [-0.4, -0.2) is 33.4 Å². The minimum Gasteiger partial charge on any atom is -0.377 e. The van der Waals surface area contributed by atoms with E-state index in [9.17, 15) is 0 Å². The summed E-state index contributed by atoms with van der Waals surface area (Å²) >= 11 is 0. The summed E-state index contributed by atoms with van der Waals surface area (Å²) in [5.41, 5.74) is 1.35. The Balaban J connectivity index is 1.36. The summed E-state index contributed by atoms with van der Waals surface area (Å²) in [5.74, 6) is 1.71. The molecule has 1 spiro atoms. The molecule has 5 nitrogen and oxygen atoms in total. The van der Waals surface area contributed by atoms with Crippen LogP contribution in [0.25, 0.3) is 5.65 Å². The van der Waals surface area contributed by atoms with E-state index in [1.807, 2.05) is 24.4 Å². The van der Waals surface area contributed by atoms with Crippen molar-refractivity contribution in [1.29, 1.82) is 0 Å². The molecule has 0 aromatic carbocycles. The van der Waals surface area contributed by atoms with Crippen molar-refractivity contribution in [2.75, 3.05) is 6.61 Å². The van der Waals surface area contributed by atoms with Crippen LogP contribution in [-0.2, 0) is 11.3 Å². The Hall–Kier alpha value is -1.46. The molecule has 2 aromatic rings. The van der Waals surface area contributed by atoms with Gasteiger partial charge in [-0.3, -0.25) is 4.40 Å². The Morgan fingerprint density at radius 3 is 3.14 bits per heavy atom. The maximum atomic E-state index is 5.97. The molecule has 3 fully saturated rings. The number of rotatable bonds is 3. The highest BCUT2D eigenvalue weighted by molar-refractivity contribution is 5.37. The van der Waals surface area contributed by atoms with E-state index in [-0.39, 0.29) is 0 Å². The lowest BCUT2D eigenvalue weighted by Gasteiger charge is -2.63. The first-order valence-corrected chi connectivity index (χ1v) is 8.02. The second-order valence-electron chi connectivity index (χ2n) is 6.73. The van der Waals surface area contributed by atoms with Crippen LogP contribution < -0.4 is 5.32 Å². The molecular weight excluding hydrogens is 264 g/mol. The SMILES string of the molecule is c1ccn2c(CN[C@@H]3[C@H]4CCO[C@H]4C34CCC4)nnc2c1. The Bertz CT molecular complexity index is 678. The maximum absolute atomic E-state index is 5.97. The van der Waals surface area contributed by atoms with Gasteiger partial charge < -0.3 is 10.1 Å². The van der Waals surface area contributed by atoms with E-state index in [0.29, 0.717) is 23.5 Å². The summed E-state index contributed by atoms with van der Waals surface area (Å²) in [6.07, 6.45) is 7.79. The summed E-state index contributed by atoms with van der Waals surface area (Å²) in [7, 11) is 0. The van der Waals surface area contributed by atoms with Crippen LogP contribution in [0.4, 0.5) is 0 Å². The van der Waals surface area contributed by atoms with E-state index < -0.39 is 0 Å². The van der Waals surface area contributed by atoms with Gasteiger partial charge in [-0.25, -0.2) is 0 Å². The number of fused-ring (bicyclic) bond motifs is 3. The second-order valence-corrected chi connectivity index (χ2v) is 6.73. The molecule has 1 saturated heterocycles. The minimum atomic E-state index is 0.432. The lowest BCUT2D eigenvalue weighted by Crippen LogP contribution is -2.70. The normalized spacial score (nSPS) is 32.9. The number of nitrogens with zero attached hydrogens (tertiary/aromatic N) is 3. The third-order valence-electron chi connectivity index (χ3n) is 5.90. The van der Waals surface area contributed by atoms with E-state index in [0.717, 1.165) is 24.6 Å². The summed E-state index contributed by atoms with van der Waals surface area (Å²) in [4.78, 5) is 0. The monoisotopic (exact) mass is 284 g/mol. The van der Waals surface area contributed by atoms with E-state index in [4.69, 9.17) is 4.74 Å². The Kier molecular flexibility index (Phi) is 2.47. The molecule has 5 rings (SSSR count). The molecule has 1 aliphatic heterocycles. The molecule has 0 radical (unpaired) electrons. The fraction of sp³-hybridized carbons (Fsp3) is 0.625. The quantitative estimate of drug-likeness (QED) is 0.933. The molecule has 1 N–H and O–H groups in total. The lowest BCUT2D eigenvalue weighted by atomic mass is 9.46. The molecule has 0 bridgehead atoms. The van der Waals surface area contributed by atoms with Gasteiger partial charge in [-0.1, -0.05) is 12.5 Å². The first kappa shape index (κ1) is 12.1. The van der Waals surface area contributed by atoms with Crippen LogP contribution >= 0.6 is 0 Å². The van der Waals surface area contributed by atoms with Gasteiger partial charge in [0, 0.05) is 30.2 Å². The van der Waals surface area contributed by atoms with Gasteiger partial charge in [-0.05, 0) is 31.4 Å². The molecule has 2 aliphatic carbocycles. The molecule has 3 atom stereocenters. The average molecular weight is 284 g/mol. The maximum Gasteiger partial charge on any atom is 0.160 e. The van der Waals surface area contributed by atoms with E-state index in [1.54, 1.807) is 0 Å². The zero-order valence-corrected chi connectivity index (χ0v) is 12.0. The van der Waals surface area contributed by atoms with Gasteiger partial charge in [0.05, 0.1) is 12.6 Å². The molecule has 0 amide bonds. The van der Waals surface area contributed by atoms with Crippen molar-refractivity contribution in [2.24, 2.45) is 11.3 Å². The van der Waals surface area contributed by atoms with Crippen LogP contribution in [0, 0.1) is 11.3 Å². The fourth-order valence-corrected chi connectivity index (χ4v) is 4.77. The van der Waals surface area contributed by atoms with Gasteiger partial charge in [0.25, 0.3) is 0 Å². The summed E-state index contributed by atoms with van der Waals surface area (Å²) in [6.45, 7) is 1.74. The predicted molar refractivity (Wildman–Crippen MR) is 77.7 cm³/mol. The van der Waals surface area contributed by atoms with Crippen molar-refractivity contribution in [1.82, 2.24) is 19.9 Å². The highest BCUT2D eigenvalue weighted by atomic mass is 16.5. The molecule has 3 aliphatic rings. The van der Waals surface area contributed by atoms with Gasteiger partial charge in [-0.15, -0.1) is 10.2 Å². The van der Waals surface area contributed by atoms with Crippen LogP contribution in [0.1, 0.15) is 31.5 Å². The number of ether oxygens (including phenoxy) is 1. The van der Waals surface area contributed by atoms with Crippen molar-refractivity contribution in [2.45, 2.75) is 44.4 Å². The fourth-order valence-electron chi connectivity index (χ4n) is 4.77. The largest absolute Gasteiger partial charge is 0.377 e. The average Bonchev–Trinajstić information content (AvgIpc) is 3.04. The van der Waals surface area contributed by atoms with Crippen molar-refractivity contribution in [3.63, 3.8) is 0 Å². The summed E-state index contributed by atoms with van der Waals surface area (Å²) in [5, 5.41) is 12.3. The highest BCUT2D eigenvalue weighted by Gasteiger charge is 2.66. The van der Waals surface area contributed by atoms with Gasteiger partial charge >= 0.3 is 0 Å².